The van der Waals surface area contributed by atoms with Gasteiger partial charge in [0.15, 0.2) is 0 Å². The van der Waals surface area contributed by atoms with Crippen LogP contribution in [0.15, 0.2) is 31.0 Å². The Labute approximate surface area is 100 Å². The highest BCUT2D eigenvalue weighted by atomic mass is 16.2. The number of rotatable bonds is 4. The summed E-state index contributed by atoms with van der Waals surface area (Å²) >= 11 is 0. The molecule has 0 aliphatic carbocycles. The Morgan fingerprint density at radius 1 is 1.53 bits per heavy atom. The van der Waals surface area contributed by atoms with E-state index in [0.29, 0.717) is 18.1 Å². The van der Waals surface area contributed by atoms with Crippen LogP contribution in [0, 0.1) is 0 Å². The topological polar surface area (TPSA) is 62.3 Å². The van der Waals surface area contributed by atoms with Crippen LogP contribution in [-0.2, 0) is 9.59 Å². The lowest BCUT2D eigenvalue weighted by Gasteiger charge is -2.17. The van der Waals surface area contributed by atoms with Crippen LogP contribution in [0.3, 0.4) is 0 Å². The Bertz CT molecular complexity index is 426. The molecule has 0 atom stereocenters. The third-order valence-electron chi connectivity index (χ3n) is 2.17. The van der Waals surface area contributed by atoms with Crippen LogP contribution in [0.1, 0.15) is 13.8 Å². The maximum atomic E-state index is 11.3. The number of amides is 2. The summed E-state index contributed by atoms with van der Waals surface area (Å²) in [4.78, 5) is 28.0. The number of aromatic nitrogens is 1. The number of carbonyl (C=O) groups excluding carboxylic acids is 2. The van der Waals surface area contributed by atoms with Crippen molar-refractivity contribution in [3.05, 3.63) is 31.0 Å². The Kier molecular flexibility index (Phi) is 4.39. The molecule has 1 aromatic rings. The van der Waals surface area contributed by atoms with Crippen molar-refractivity contribution in [3.63, 3.8) is 0 Å². The molecule has 0 saturated heterocycles. The van der Waals surface area contributed by atoms with Gasteiger partial charge in [-0.15, -0.1) is 0 Å². The second-order valence-corrected chi connectivity index (χ2v) is 3.36. The number of hydrogen-bond donors (Lipinski definition) is 1. The van der Waals surface area contributed by atoms with Crippen LogP contribution >= 0.6 is 0 Å². The van der Waals surface area contributed by atoms with E-state index in [1.807, 2.05) is 6.92 Å². The number of anilines is 2. The van der Waals surface area contributed by atoms with Crippen LogP contribution in [0.25, 0.3) is 0 Å². The quantitative estimate of drug-likeness (QED) is 0.803. The first-order valence-electron chi connectivity index (χ1n) is 5.26. The van der Waals surface area contributed by atoms with Crippen molar-refractivity contribution >= 4 is 23.3 Å². The molecule has 0 aliphatic heterocycles. The van der Waals surface area contributed by atoms with Crippen LogP contribution < -0.4 is 10.2 Å². The predicted molar refractivity (Wildman–Crippen MR) is 66.8 cm³/mol. The van der Waals surface area contributed by atoms with Gasteiger partial charge in [-0.3, -0.25) is 14.5 Å². The SMILES string of the molecule is C=CC(=O)Nc1ccc(N(CC)C(C)=O)nc1. The summed E-state index contributed by atoms with van der Waals surface area (Å²) in [5.74, 6) is 0.206. The molecule has 1 rings (SSSR count). The molecule has 0 unspecified atom stereocenters. The fourth-order valence-corrected chi connectivity index (χ4v) is 1.36. The zero-order valence-corrected chi connectivity index (χ0v) is 9.93. The average molecular weight is 233 g/mol. The first-order chi connectivity index (χ1) is 8.08. The molecule has 1 aromatic heterocycles. The van der Waals surface area contributed by atoms with Gasteiger partial charge in [0.1, 0.15) is 5.82 Å². The highest BCUT2D eigenvalue weighted by Gasteiger charge is 2.09. The minimum absolute atomic E-state index is 0.0668. The molecule has 5 heteroatoms. The standard InChI is InChI=1S/C12H15N3O2/c1-4-12(17)14-10-6-7-11(13-8-10)15(5-2)9(3)16/h4,6-8H,1,5H2,2-3H3,(H,14,17). The van der Waals surface area contributed by atoms with Crippen LogP contribution in [0.2, 0.25) is 0 Å². The zero-order valence-electron chi connectivity index (χ0n) is 9.93. The van der Waals surface area contributed by atoms with Gasteiger partial charge in [-0.2, -0.15) is 0 Å². The third kappa shape index (κ3) is 3.41. The minimum atomic E-state index is -0.293. The molecule has 17 heavy (non-hydrogen) atoms. The van der Waals surface area contributed by atoms with Crippen molar-refractivity contribution in [2.45, 2.75) is 13.8 Å². The van der Waals surface area contributed by atoms with Crippen molar-refractivity contribution in [1.82, 2.24) is 4.98 Å². The molecule has 0 aromatic carbocycles. The van der Waals surface area contributed by atoms with Crippen molar-refractivity contribution in [1.29, 1.82) is 0 Å². The first-order valence-corrected chi connectivity index (χ1v) is 5.26. The summed E-state index contributed by atoms with van der Waals surface area (Å²) in [6.45, 7) is 7.27. The molecule has 2 amide bonds. The van der Waals surface area contributed by atoms with Gasteiger partial charge in [0.25, 0.3) is 0 Å². The molecular weight excluding hydrogens is 218 g/mol. The van der Waals surface area contributed by atoms with E-state index >= 15 is 0 Å². The van der Waals surface area contributed by atoms with E-state index in [1.54, 1.807) is 17.0 Å². The second-order valence-electron chi connectivity index (χ2n) is 3.36. The van der Waals surface area contributed by atoms with Gasteiger partial charge in [-0.25, -0.2) is 4.98 Å². The first kappa shape index (κ1) is 12.9. The zero-order chi connectivity index (χ0) is 12.8. The van der Waals surface area contributed by atoms with Crippen molar-refractivity contribution < 1.29 is 9.59 Å². The van der Waals surface area contributed by atoms with Crippen LogP contribution in [-0.4, -0.2) is 23.3 Å². The van der Waals surface area contributed by atoms with E-state index < -0.39 is 0 Å². The Hall–Kier alpha value is -2.17. The molecular formula is C12H15N3O2. The van der Waals surface area contributed by atoms with Gasteiger partial charge < -0.3 is 5.32 Å². The predicted octanol–water partition coefficient (Wildman–Crippen LogP) is 1.58. The monoisotopic (exact) mass is 233 g/mol. The smallest absolute Gasteiger partial charge is 0.247 e. The highest BCUT2D eigenvalue weighted by Crippen LogP contribution is 2.14. The van der Waals surface area contributed by atoms with E-state index in [-0.39, 0.29) is 11.8 Å². The highest BCUT2D eigenvalue weighted by molar-refractivity contribution is 5.99. The molecule has 0 fully saturated rings. The molecule has 1 heterocycles. The largest absolute Gasteiger partial charge is 0.321 e. The summed E-state index contributed by atoms with van der Waals surface area (Å²) in [5.41, 5.74) is 0.568. The van der Waals surface area contributed by atoms with E-state index in [9.17, 15) is 9.59 Å². The van der Waals surface area contributed by atoms with Gasteiger partial charge in [0, 0.05) is 13.5 Å². The molecule has 0 radical (unpaired) electrons. The maximum Gasteiger partial charge on any atom is 0.247 e. The van der Waals surface area contributed by atoms with E-state index in [2.05, 4.69) is 16.9 Å². The molecule has 5 nitrogen and oxygen atoms in total. The van der Waals surface area contributed by atoms with Crippen LogP contribution in [0.4, 0.5) is 11.5 Å². The summed E-state index contributed by atoms with van der Waals surface area (Å²) in [6, 6.07) is 3.37. The summed E-state index contributed by atoms with van der Waals surface area (Å²) in [5, 5.41) is 2.58. The van der Waals surface area contributed by atoms with Gasteiger partial charge in [0.05, 0.1) is 11.9 Å². The van der Waals surface area contributed by atoms with Gasteiger partial charge in [-0.05, 0) is 25.1 Å². The lowest BCUT2D eigenvalue weighted by Crippen LogP contribution is -2.28. The van der Waals surface area contributed by atoms with Crippen LogP contribution in [0.5, 0.6) is 0 Å². The minimum Gasteiger partial charge on any atom is -0.321 e. The number of pyridine rings is 1. The fourth-order valence-electron chi connectivity index (χ4n) is 1.36. The number of nitrogens with zero attached hydrogens (tertiary/aromatic N) is 2. The molecule has 0 saturated carbocycles. The van der Waals surface area contributed by atoms with Gasteiger partial charge in [0.2, 0.25) is 11.8 Å². The molecule has 0 aliphatic rings. The molecule has 0 bridgehead atoms. The molecule has 90 valence electrons. The van der Waals surface area contributed by atoms with Crippen molar-refractivity contribution in [2.24, 2.45) is 0 Å². The maximum absolute atomic E-state index is 11.3. The average Bonchev–Trinajstić information content (AvgIpc) is 2.31. The summed E-state index contributed by atoms with van der Waals surface area (Å²) < 4.78 is 0. The fraction of sp³-hybridized carbons (Fsp3) is 0.250. The summed E-state index contributed by atoms with van der Waals surface area (Å²) in [6.07, 6.45) is 2.68. The van der Waals surface area contributed by atoms with E-state index in [4.69, 9.17) is 0 Å². The number of hydrogen-bond acceptors (Lipinski definition) is 3. The molecule has 1 N–H and O–H groups in total. The van der Waals surface area contributed by atoms with Gasteiger partial charge >= 0.3 is 0 Å². The third-order valence-corrected chi connectivity index (χ3v) is 2.17. The normalized spacial score (nSPS) is 9.53. The lowest BCUT2D eigenvalue weighted by molar-refractivity contribution is -0.116. The molecule has 0 spiro atoms. The number of carbonyl (C=O) groups is 2. The van der Waals surface area contributed by atoms with Gasteiger partial charge in [-0.1, -0.05) is 6.58 Å². The Morgan fingerprint density at radius 3 is 2.65 bits per heavy atom. The Balaban J connectivity index is 2.83. The number of nitrogens with one attached hydrogen (secondary N) is 1. The van der Waals surface area contributed by atoms with Crippen molar-refractivity contribution in [3.8, 4) is 0 Å². The van der Waals surface area contributed by atoms with E-state index in [1.165, 1.54) is 19.2 Å². The lowest BCUT2D eigenvalue weighted by atomic mass is 10.3. The second kappa shape index (κ2) is 5.79. The summed E-state index contributed by atoms with van der Waals surface area (Å²) in [7, 11) is 0. The Morgan fingerprint density at radius 2 is 2.24 bits per heavy atom. The van der Waals surface area contributed by atoms with E-state index in [0.717, 1.165) is 0 Å². The van der Waals surface area contributed by atoms with Crippen molar-refractivity contribution in [2.75, 3.05) is 16.8 Å².